The van der Waals surface area contributed by atoms with Gasteiger partial charge < -0.3 is 5.32 Å². The molecule has 3 aliphatic rings. The maximum absolute atomic E-state index is 13.3. The van der Waals surface area contributed by atoms with Gasteiger partial charge >= 0.3 is 6.18 Å². The first-order chi connectivity index (χ1) is 15.4. The fourth-order valence-corrected chi connectivity index (χ4v) is 5.25. The minimum atomic E-state index is -4.67. The third-order valence-electron chi connectivity index (χ3n) is 6.67. The summed E-state index contributed by atoms with van der Waals surface area (Å²) in [6, 6.07) is 21.2. The third-order valence-corrected chi connectivity index (χ3v) is 6.67. The molecular weight excluding hydrogens is 413 g/mol. The Bertz CT molecular complexity index is 1260. The van der Waals surface area contributed by atoms with Crippen LogP contribution in [-0.2, 0) is 17.4 Å². The molecule has 3 aromatic carbocycles. The molecule has 32 heavy (non-hydrogen) atoms. The van der Waals surface area contributed by atoms with Crippen molar-refractivity contribution in [2.24, 2.45) is 5.92 Å². The number of nitrogens with zero attached hydrogens (tertiary/aromatic N) is 1. The van der Waals surface area contributed by atoms with Gasteiger partial charge in [0.1, 0.15) is 0 Å². The first kappa shape index (κ1) is 20.3. The van der Waals surface area contributed by atoms with E-state index >= 15 is 0 Å². The van der Waals surface area contributed by atoms with Crippen molar-refractivity contribution in [3.8, 4) is 6.07 Å². The first-order valence-corrected chi connectivity index (χ1v) is 10.5. The van der Waals surface area contributed by atoms with Crippen molar-refractivity contribution in [1.82, 2.24) is 0 Å². The van der Waals surface area contributed by atoms with Gasteiger partial charge in [0.25, 0.3) is 0 Å². The van der Waals surface area contributed by atoms with E-state index in [9.17, 15) is 18.0 Å². The molecule has 0 saturated heterocycles. The van der Waals surface area contributed by atoms with Gasteiger partial charge in [-0.15, -0.1) is 0 Å². The molecule has 3 aliphatic carbocycles. The smallest absolute Gasteiger partial charge is 0.326 e. The summed E-state index contributed by atoms with van der Waals surface area (Å²) >= 11 is 0. The van der Waals surface area contributed by atoms with Crippen LogP contribution in [0.3, 0.4) is 0 Å². The zero-order chi connectivity index (χ0) is 22.5. The molecule has 6 rings (SSSR count). The van der Waals surface area contributed by atoms with E-state index in [-0.39, 0.29) is 29.3 Å². The summed E-state index contributed by atoms with van der Waals surface area (Å²) in [5, 5.41) is 11.7. The van der Waals surface area contributed by atoms with Gasteiger partial charge in [-0.05, 0) is 59.2 Å². The van der Waals surface area contributed by atoms with E-state index in [1.165, 1.54) is 22.8 Å². The summed E-state index contributed by atoms with van der Waals surface area (Å²) in [5.74, 6) is -0.636. The number of halogens is 3. The van der Waals surface area contributed by atoms with Crippen LogP contribution in [0.1, 0.15) is 51.6 Å². The Kier molecular flexibility index (Phi) is 4.78. The van der Waals surface area contributed by atoms with E-state index in [1.54, 1.807) is 6.07 Å². The molecular formula is C26H19F3N2O. The molecule has 3 aromatic rings. The van der Waals surface area contributed by atoms with Gasteiger partial charge in [-0.3, -0.25) is 4.79 Å². The number of anilines is 1. The summed E-state index contributed by atoms with van der Waals surface area (Å²) in [7, 11) is 0. The maximum Gasteiger partial charge on any atom is 0.417 e. The second kappa shape index (κ2) is 7.52. The van der Waals surface area contributed by atoms with E-state index in [1.807, 2.05) is 24.3 Å². The Morgan fingerprint density at radius 2 is 1.66 bits per heavy atom. The highest BCUT2D eigenvalue weighted by atomic mass is 19.4. The predicted molar refractivity (Wildman–Crippen MR) is 114 cm³/mol. The normalized spacial score (nSPS) is 21.1. The van der Waals surface area contributed by atoms with Crippen molar-refractivity contribution < 1.29 is 18.0 Å². The standard InChI is InChI=1S/C26H19F3N2O/c27-26(28,29)24-12-17(10-9-16(24)14-30)31-25(32)23-13-22-18-6-2-1-5-15(18)11-21(23)19-7-3-4-8-20(19)22/h1-10,12,21-23H,11,13H2,(H,31,32). The van der Waals surface area contributed by atoms with Crippen LogP contribution >= 0.6 is 0 Å². The van der Waals surface area contributed by atoms with E-state index < -0.39 is 17.3 Å². The fraction of sp³-hybridized carbons (Fsp3) is 0.231. The van der Waals surface area contributed by atoms with Crippen LogP contribution in [0.5, 0.6) is 0 Å². The molecule has 160 valence electrons. The number of nitriles is 1. The molecule has 0 spiro atoms. The van der Waals surface area contributed by atoms with Crippen molar-refractivity contribution in [2.75, 3.05) is 5.32 Å². The number of carbonyl (C=O) groups is 1. The van der Waals surface area contributed by atoms with Crippen LogP contribution in [0.4, 0.5) is 18.9 Å². The van der Waals surface area contributed by atoms with Gasteiger partial charge in [-0.2, -0.15) is 18.4 Å². The summed E-state index contributed by atoms with van der Waals surface area (Å²) in [5.41, 5.74) is 3.33. The van der Waals surface area contributed by atoms with Crippen LogP contribution in [0.2, 0.25) is 0 Å². The van der Waals surface area contributed by atoms with Gasteiger partial charge in [0, 0.05) is 17.5 Å². The van der Waals surface area contributed by atoms with E-state index in [0.717, 1.165) is 17.7 Å². The van der Waals surface area contributed by atoms with E-state index in [4.69, 9.17) is 5.26 Å². The topological polar surface area (TPSA) is 52.9 Å². The molecule has 0 fully saturated rings. The summed E-state index contributed by atoms with van der Waals surface area (Å²) < 4.78 is 40.0. The van der Waals surface area contributed by atoms with Gasteiger partial charge in [0.05, 0.1) is 17.2 Å². The van der Waals surface area contributed by atoms with Gasteiger partial charge in [0.15, 0.2) is 0 Å². The zero-order valence-electron chi connectivity index (χ0n) is 17.0. The molecule has 0 saturated carbocycles. The minimum Gasteiger partial charge on any atom is -0.326 e. The molecule has 3 unspecified atom stereocenters. The summed E-state index contributed by atoms with van der Waals surface area (Å²) in [6.45, 7) is 0. The molecule has 1 N–H and O–H groups in total. The number of amides is 1. The molecule has 3 atom stereocenters. The number of hydrogen-bond acceptors (Lipinski definition) is 2. The lowest BCUT2D eigenvalue weighted by Crippen LogP contribution is -2.33. The minimum absolute atomic E-state index is 0.0484. The number of benzene rings is 3. The SMILES string of the molecule is N#Cc1ccc(NC(=O)C2CC3c4ccccc4CC2c2ccccc23)cc1C(F)(F)F. The second-order valence-corrected chi connectivity index (χ2v) is 8.39. The number of alkyl halides is 3. The van der Waals surface area contributed by atoms with Crippen molar-refractivity contribution in [1.29, 1.82) is 5.26 Å². The summed E-state index contributed by atoms with van der Waals surface area (Å²) in [4.78, 5) is 13.3. The number of hydrogen-bond donors (Lipinski definition) is 1. The zero-order valence-corrected chi connectivity index (χ0v) is 17.0. The average Bonchev–Trinajstić information content (AvgIpc) is 3.04. The number of rotatable bonds is 2. The lowest BCUT2D eigenvalue weighted by molar-refractivity contribution is -0.137. The number of nitrogens with one attached hydrogen (secondary N) is 1. The molecule has 6 heteroatoms. The van der Waals surface area contributed by atoms with Crippen molar-refractivity contribution >= 4 is 11.6 Å². The maximum atomic E-state index is 13.3. The summed E-state index contributed by atoms with van der Waals surface area (Å²) in [6.07, 6.45) is -3.36. The second-order valence-electron chi connectivity index (χ2n) is 8.39. The highest BCUT2D eigenvalue weighted by Crippen LogP contribution is 2.51. The molecule has 3 nitrogen and oxygen atoms in total. The Labute approximate surface area is 183 Å². The van der Waals surface area contributed by atoms with Crippen molar-refractivity contribution in [2.45, 2.75) is 30.9 Å². The molecule has 0 radical (unpaired) electrons. The Balaban J connectivity index is 1.50. The number of carbonyl (C=O) groups excluding carboxylic acids is 1. The third kappa shape index (κ3) is 3.34. The van der Waals surface area contributed by atoms with Crippen molar-refractivity contribution in [3.63, 3.8) is 0 Å². The quantitative estimate of drug-likeness (QED) is 0.539. The highest BCUT2D eigenvalue weighted by Gasteiger charge is 2.43. The van der Waals surface area contributed by atoms with Crippen LogP contribution in [-0.4, -0.2) is 5.91 Å². The monoisotopic (exact) mass is 432 g/mol. The van der Waals surface area contributed by atoms with E-state index in [0.29, 0.717) is 12.8 Å². The lowest BCUT2D eigenvalue weighted by atomic mass is 9.70. The molecule has 0 aromatic heterocycles. The molecule has 0 aliphatic heterocycles. The first-order valence-electron chi connectivity index (χ1n) is 10.5. The van der Waals surface area contributed by atoms with Gasteiger partial charge in [-0.1, -0.05) is 48.5 Å². The predicted octanol–water partition coefficient (Wildman–Crippen LogP) is 6.01. The Morgan fingerprint density at radius 3 is 2.38 bits per heavy atom. The Hall–Kier alpha value is -3.59. The highest BCUT2D eigenvalue weighted by molar-refractivity contribution is 5.94. The fourth-order valence-electron chi connectivity index (χ4n) is 5.25. The van der Waals surface area contributed by atoms with Crippen molar-refractivity contribution in [3.05, 3.63) is 100 Å². The van der Waals surface area contributed by atoms with Crippen LogP contribution in [0.25, 0.3) is 0 Å². The van der Waals surface area contributed by atoms with Crippen LogP contribution in [0.15, 0.2) is 66.7 Å². The lowest BCUT2D eigenvalue weighted by Gasteiger charge is -2.34. The van der Waals surface area contributed by atoms with Crippen LogP contribution < -0.4 is 5.32 Å². The number of fused-ring (bicyclic) bond motifs is 1. The largest absolute Gasteiger partial charge is 0.417 e. The van der Waals surface area contributed by atoms with Crippen LogP contribution in [0, 0.1) is 17.2 Å². The van der Waals surface area contributed by atoms with Gasteiger partial charge in [-0.25, -0.2) is 0 Å². The molecule has 0 heterocycles. The Morgan fingerprint density at radius 1 is 0.969 bits per heavy atom. The van der Waals surface area contributed by atoms with E-state index in [2.05, 4.69) is 29.6 Å². The van der Waals surface area contributed by atoms with Gasteiger partial charge in [0.2, 0.25) is 5.91 Å². The average molecular weight is 432 g/mol. The molecule has 2 bridgehead atoms. The molecule has 1 amide bonds.